The summed E-state index contributed by atoms with van der Waals surface area (Å²) in [6.07, 6.45) is 0. The Balaban J connectivity index is 2.11. The number of ether oxygens (including phenoxy) is 2. The van der Waals surface area contributed by atoms with E-state index in [0.717, 1.165) is 56.3 Å². The van der Waals surface area contributed by atoms with Crippen LogP contribution in [0.25, 0.3) is 0 Å². The van der Waals surface area contributed by atoms with E-state index < -0.39 is 0 Å². The van der Waals surface area contributed by atoms with Gasteiger partial charge in [-0.2, -0.15) is 0 Å². The van der Waals surface area contributed by atoms with E-state index in [0.29, 0.717) is 18.9 Å². The lowest BCUT2D eigenvalue weighted by Gasteiger charge is -2.34. The van der Waals surface area contributed by atoms with Crippen molar-refractivity contribution in [1.82, 2.24) is 9.80 Å². The van der Waals surface area contributed by atoms with E-state index in [4.69, 9.17) is 15.2 Å². The average molecular weight is 307 g/mol. The lowest BCUT2D eigenvalue weighted by molar-refractivity contribution is 0.130. The first kappa shape index (κ1) is 16.9. The summed E-state index contributed by atoms with van der Waals surface area (Å²) >= 11 is 0. The van der Waals surface area contributed by atoms with E-state index in [1.54, 1.807) is 0 Å². The standard InChI is InChI=1S/C17H29N3O2/c1-4-19-7-9-20(10-8-19)13-14-11-17(22-6-3)15(18)12-16(14)21-5-2/h11-12H,4-10,13,18H2,1-3H3. The van der Waals surface area contributed by atoms with Gasteiger partial charge < -0.3 is 20.1 Å². The number of anilines is 1. The Morgan fingerprint density at radius 2 is 1.50 bits per heavy atom. The number of piperazine rings is 1. The minimum absolute atomic E-state index is 0.618. The van der Waals surface area contributed by atoms with Crippen LogP contribution >= 0.6 is 0 Å². The first-order valence-corrected chi connectivity index (χ1v) is 8.30. The third-order valence-electron chi connectivity index (χ3n) is 4.10. The Bertz CT molecular complexity index is 471. The molecule has 2 rings (SSSR count). The highest BCUT2D eigenvalue weighted by Crippen LogP contribution is 2.32. The number of nitrogen functional groups attached to an aromatic ring is 1. The van der Waals surface area contributed by atoms with E-state index in [9.17, 15) is 0 Å². The summed E-state index contributed by atoms with van der Waals surface area (Å²) in [5, 5.41) is 0. The van der Waals surface area contributed by atoms with Crippen molar-refractivity contribution in [2.24, 2.45) is 0 Å². The van der Waals surface area contributed by atoms with Crippen LogP contribution in [-0.4, -0.2) is 55.7 Å². The molecule has 22 heavy (non-hydrogen) atoms. The molecule has 0 aliphatic carbocycles. The number of nitrogens with two attached hydrogens (primary N) is 1. The van der Waals surface area contributed by atoms with E-state index in [1.807, 2.05) is 26.0 Å². The molecular formula is C17H29N3O2. The fourth-order valence-electron chi connectivity index (χ4n) is 2.82. The largest absolute Gasteiger partial charge is 0.493 e. The fourth-order valence-corrected chi connectivity index (χ4v) is 2.82. The van der Waals surface area contributed by atoms with Gasteiger partial charge in [-0.05, 0) is 26.5 Å². The van der Waals surface area contributed by atoms with Gasteiger partial charge in [0.05, 0.1) is 18.9 Å². The van der Waals surface area contributed by atoms with E-state index in [2.05, 4.69) is 16.7 Å². The molecule has 0 saturated carbocycles. The highest BCUT2D eigenvalue weighted by Gasteiger charge is 2.18. The zero-order chi connectivity index (χ0) is 15.9. The second kappa shape index (κ2) is 8.25. The molecule has 0 spiro atoms. The molecule has 1 saturated heterocycles. The predicted octanol–water partition coefficient (Wildman–Crippen LogP) is 2.20. The van der Waals surface area contributed by atoms with Gasteiger partial charge in [-0.15, -0.1) is 0 Å². The van der Waals surface area contributed by atoms with Gasteiger partial charge in [-0.25, -0.2) is 0 Å². The van der Waals surface area contributed by atoms with E-state index >= 15 is 0 Å². The molecule has 0 atom stereocenters. The van der Waals surface area contributed by atoms with Gasteiger partial charge in [0.2, 0.25) is 0 Å². The van der Waals surface area contributed by atoms with Crippen LogP contribution in [0.4, 0.5) is 5.69 Å². The molecule has 1 heterocycles. The van der Waals surface area contributed by atoms with Crippen molar-refractivity contribution in [2.45, 2.75) is 27.3 Å². The SMILES string of the molecule is CCOc1cc(CN2CCN(CC)CC2)c(OCC)cc1N. The molecule has 1 aromatic carbocycles. The number of benzene rings is 1. The summed E-state index contributed by atoms with van der Waals surface area (Å²) in [6.45, 7) is 13.9. The topological polar surface area (TPSA) is 51.0 Å². The summed E-state index contributed by atoms with van der Waals surface area (Å²) in [5.74, 6) is 1.63. The maximum absolute atomic E-state index is 6.05. The first-order valence-electron chi connectivity index (χ1n) is 8.30. The van der Waals surface area contributed by atoms with Crippen LogP contribution in [0.15, 0.2) is 12.1 Å². The highest BCUT2D eigenvalue weighted by atomic mass is 16.5. The van der Waals surface area contributed by atoms with Crippen LogP contribution < -0.4 is 15.2 Å². The first-order chi connectivity index (χ1) is 10.7. The van der Waals surface area contributed by atoms with Gasteiger partial charge in [-0.3, -0.25) is 4.90 Å². The van der Waals surface area contributed by atoms with Crippen molar-refractivity contribution >= 4 is 5.69 Å². The molecule has 1 aromatic rings. The van der Waals surface area contributed by atoms with Gasteiger partial charge >= 0.3 is 0 Å². The Kier molecular flexibility index (Phi) is 6.34. The molecule has 0 unspecified atom stereocenters. The molecule has 1 aliphatic heterocycles. The Morgan fingerprint density at radius 1 is 0.909 bits per heavy atom. The van der Waals surface area contributed by atoms with Crippen LogP contribution in [0.1, 0.15) is 26.3 Å². The lowest BCUT2D eigenvalue weighted by Crippen LogP contribution is -2.45. The van der Waals surface area contributed by atoms with Crippen LogP contribution in [-0.2, 0) is 6.54 Å². The van der Waals surface area contributed by atoms with Gasteiger partial charge in [0.15, 0.2) is 0 Å². The number of rotatable bonds is 7. The summed E-state index contributed by atoms with van der Waals surface area (Å²) in [4.78, 5) is 4.95. The van der Waals surface area contributed by atoms with Crippen LogP contribution in [0, 0.1) is 0 Å². The molecule has 5 nitrogen and oxygen atoms in total. The van der Waals surface area contributed by atoms with Crippen molar-refractivity contribution in [3.05, 3.63) is 17.7 Å². The van der Waals surface area contributed by atoms with E-state index in [-0.39, 0.29) is 0 Å². The number of nitrogens with zero attached hydrogens (tertiary/aromatic N) is 2. The maximum Gasteiger partial charge on any atom is 0.142 e. The summed E-state index contributed by atoms with van der Waals surface area (Å²) in [5.41, 5.74) is 7.85. The molecule has 0 amide bonds. The fraction of sp³-hybridized carbons (Fsp3) is 0.647. The molecule has 124 valence electrons. The maximum atomic E-state index is 6.05. The van der Waals surface area contributed by atoms with Gasteiger partial charge in [0.25, 0.3) is 0 Å². The van der Waals surface area contributed by atoms with Gasteiger partial charge in [0, 0.05) is 44.4 Å². The minimum atomic E-state index is 0.618. The van der Waals surface area contributed by atoms with Crippen LogP contribution in [0.2, 0.25) is 0 Å². The van der Waals surface area contributed by atoms with Crippen molar-refractivity contribution in [1.29, 1.82) is 0 Å². The Labute approximate surface area is 134 Å². The second-order valence-electron chi connectivity index (χ2n) is 5.57. The predicted molar refractivity (Wildman–Crippen MR) is 90.6 cm³/mol. The van der Waals surface area contributed by atoms with Crippen LogP contribution in [0.5, 0.6) is 11.5 Å². The third kappa shape index (κ3) is 4.27. The normalized spacial score (nSPS) is 16.7. The minimum Gasteiger partial charge on any atom is -0.493 e. The zero-order valence-electron chi connectivity index (χ0n) is 14.1. The molecular weight excluding hydrogens is 278 g/mol. The Morgan fingerprint density at radius 3 is 2.09 bits per heavy atom. The number of hydrogen-bond acceptors (Lipinski definition) is 5. The monoisotopic (exact) mass is 307 g/mol. The third-order valence-corrected chi connectivity index (χ3v) is 4.10. The van der Waals surface area contributed by atoms with Crippen molar-refractivity contribution in [3.63, 3.8) is 0 Å². The number of likely N-dealkylation sites (N-methyl/N-ethyl adjacent to an activating group) is 1. The molecule has 5 heteroatoms. The lowest BCUT2D eigenvalue weighted by atomic mass is 10.1. The Hall–Kier alpha value is -1.46. The molecule has 1 aliphatic rings. The second-order valence-corrected chi connectivity index (χ2v) is 5.57. The van der Waals surface area contributed by atoms with Gasteiger partial charge in [-0.1, -0.05) is 6.92 Å². The van der Waals surface area contributed by atoms with E-state index in [1.165, 1.54) is 0 Å². The average Bonchev–Trinajstić information content (AvgIpc) is 2.53. The summed E-state index contributed by atoms with van der Waals surface area (Å²) in [7, 11) is 0. The smallest absolute Gasteiger partial charge is 0.142 e. The van der Waals surface area contributed by atoms with Crippen molar-refractivity contribution in [2.75, 3.05) is 51.7 Å². The molecule has 0 aromatic heterocycles. The molecule has 0 radical (unpaired) electrons. The van der Waals surface area contributed by atoms with Gasteiger partial charge in [0.1, 0.15) is 11.5 Å². The molecule has 2 N–H and O–H groups in total. The number of hydrogen-bond donors (Lipinski definition) is 1. The summed E-state index contributed by atoms with van der Waals surface area (Å²) in [6, 6.07) is 3.93. The quantitative estimate of drug-likeness (QED) is 0.783. The van der Waals surface area contributed by atoms with Crippen LogP contribution in [0.3, 0.4) is 0 Å². The highest BCUT2D eigenvalue weighted by molar-refractivity contribution is 5.59. The molecule has 0 bridgehead atoms. The van der Waals surface area contributed by atoms with Crippen molar-refractivity contribution in [3.8, 4) is 11.5 Å². The summed E-state index contributed by atoms with van der Waals surface area (Å²) < 4.78 is 11.4. The van der Waals surface area contributed by atoms with Crippen molar-refractivity contribution < 1.29 is 9.47 Å². The zero-order valence-corrected chi connectivity index (χ0v) is 14.1. The molecule has 1 fully saturated rings.